The molecule has 1 aromatic carbocycles. The Bertz CT molecular complexity index is 404. The van der Waals surface area contributed by atoms with Gasteiger partial charge in [-0.3, -0.25) is 4.79 Å². The van der Waals surface area contributed by atoms with Crippen LogP contribution in [0.25, 0.3) is 0 Å². The predicted octanol–water partition coefficient (Wildman–Crippen LogP) is 3.19. The Morgan fingerprint density at radius 3 is 2.47 bits per heavy atom. The predicted molar refractivity (Wildman–Crippen MR) is 75.5 cm³/mol. The average Bonchev–Trinajstić information content (AvgIpc) is 2.37. The second-order valence-electron chi connectivity index (χ2n) is 4.73. The van der Waals surface area contributed by atoms with E-state index in [9.17, 15) is 9.90 Å². The van der Waals surface area contributed by atoms with Crippen LogP contribution < -0.4 is 5.32 Å². The summed E-state index contributed by atoms with van der Waals surface area (Å²) in [7, 11) is 0. The van der Waals surface area contributed by atoms with Gasteiger partial charge in [0.1, 0.15) is 11.5 Å². The molecule has 0 heterocycles. The first-order chi connectivity index (χ1) is 9.15. The number of phenols is 2. The first-order valence-electron chi connectivity index (χ1n) is 6.95. The summed E-state index contributed by atoms with van der Waals surface area (Å²) < 4.78 is 0. The summed E-state index contributed by atoms with van der Waals surface area (Å²) in [6.45, 7) is 2.80. The molecule has 0 fully saturated rings. The summed E-state index contributed by atoms with van der Waals surface area (Å²) in [4.78, 5) is 11.8. The topological polar surface area (TPSA) is 69.6 Å². The van der Waals surface area contributed by atoms with Gasteiger partial charge in [-0.2, -0.15) is 0 Å². The lowest BCUT2D eigenvalue weighted by Crippen LogP contribution is -2.24. The smallest absolute Gasteiger partial charge is 0.255 e. The Labute approximate surface area is 114 Å². The third-order valence-corrected chi connectivity index (χ3v) is 3.04. The van der Waals surface area contributed by atoms with E-state index < -0.39 is 0 Å². The monoisotopic (exact) mass is 265 g/mol. The van der Waals surface area contributed by atoms with Gasteiger partial charge in [-0.05, 0) is 18.6 Å². The van der Waals surface area contributed by atoms with E-state index in [0.717, 1.165) is 12.8 Å². The van der Waals surface area contributed by atoms with E-state index in [4.69, 9.17) is 5.11 Å². The van der Waals surface area contributed by atoms with Crippen LogP contribution in [0.3, 0.4) is 0 Å². The van der Waals surface area contributed by atoms with Crippen LogP contribution in [0.2, 0.25) is 0 Å². The van der Waals surface area contributed by atoms with Crippen LogP contribution in [0, 0.1) is 0 Å². The number of aromatic hydroxyl groups is 2. The normalized spacial score (nSPS) is 10.4. The van der Waals surface area contributed by atoms with Crippen molar-refractivity contribution in [3.63, 3.8) is 0 Å². The summed E-state index contributed by atoms with van der Waals surface area (Å²) in [6.07, 6.45) is 7.03. The number of phenolic OH excluding ortho intramolecular Hbond substituents is 2. The van der Waals surface area contributed by atoms with E-state index in [1.165, 1.54) is 43.9 Å². The van der Waals surface area contributed by atoms with Gasteiger partial charge in [0.2, 0.25) is 0 Å². The van der Waals surface area contributed by atoms with Gasteiger partial charge >= 0.3 is 0 Å². The number of hydrogen-bond donors (Lipinski definition) is 3. The fraction of sp³-hybridized carbons (Fsp3) is 0.533. The van der Waals surface area contributed by atoms with E-state index in [2.05, 4.69) is 12.2 Å². The number of nitrogens with one attached hydrogen (secondary N) is 1. The third-order valence-electron chi connectivity index (χ3n) is 3.04. The van der Waals surface area contributed by atoms with Crippen LogP contribution in [0.1, 0.15) is 55.8 Å². The molecule has 0 spiro atoms. The molecule has 3 N–H and O–H groups in total. The molecule has 1 rings (SSSR count). The maximum Gasteiger partial charge on any atom is 0.255 e. The van der Waals surface area contributed by atoms with Crippen molar-refractivity contribution in [3.05, 3.63) is 23.8 Å². The molecular formula is C15H23NO3. The quantitative estimate of drug-likeness (QED) is 0.632. The number of carbonyl (C=O) groups excluding carboxylic acids is 1. The number of benzene rings is 1. The van der Waals surface area contributed by atoms with Gasteiger partial charge < -0.3 is 15.5 Å². The molecule has 0 aliphatic carbocycles. The lowest BCUT2D eigenvalue weighted by Gasteiger charge is -2.07. The highest BCUT2D eigenvalue weighted by molar-refractivity contribution is 5.96. The van der Waals surface area contributed by atoms with E-state index in [-0.39, 0.29) is 23.0 Å². The minimum atomic E-state index is -0.300. The SMILES string of the molecule is CCCCCCCCNC(=O)c1ccc(O)cc1O. The van der Waals surface area contributed by atoms with E-state index in [1.54, 1.807) is 0 Å². The standard InChI is InChI=1S/C15H23NO3/c1-2-3-4-5-6-7-10-16-15(19)13-9-8-12(17)11-14(13)18/h8-9,11,17-18H,2-7,10H2,1H3,(H,16,19). The molecule has 0 aliphatic rings. The number of carbonyl (C=O) groups is 1. The van der Waals surface area contributed by atoms with Crippen molar-refractivity contribution in [2.24, 2.45) is 0 Å². The van der Waals surface area contributed by atoms with Crippen LogP contribution in [-0.2, 0) is 0 Å². The number of hydrogen-bond acceptors (Lipinski definition) is 3. The van der Waals surface area contributed by atoms with Crippen molar-refractivity contribution < 1.29 is 15.0 Å². The minimum absolute atomic E-state index is 0.0509. The Kier molecular flexibility index (Phi) is 6.79. The maximum absolute atomic E-state index is 11.8. The number of rotatable bonds is 8. The van der Waals surface area contributed by atoms with E-state index >= 15 is 0 Å². The second-order valence-corrected chi connectivity index (χ2v) is 4.73. The molecule has 1 aromatic rings. The van der Waals surface area contributed by atoms with Crippen molar-refractivity contribution >= 4 is 5.91 Å². The van der Waals surface area contributed by atoms with E-state index in [1.807, 2.05) is 0 Å². The molecule has 0 bridgehead atoms. The highest BCUT2D eigenvalue weighted by Gasteiger charge is 2.10. The molecule has 106 valence electrons. The lowest BCUT2D eigenvalue weighted by molar-refractivity contribution is 0.0950. The lowest BCUT2D eigenvalue weighted by atomic mass is 10.1. The molecular weight excluding hydrogens is 242 g/mol. The van der Waals surface area contributed by atoms with Crippen LogP contribution in [0.5, 0.6) is 11.5 Å². The van der Waals surface area contributed by atoms with Gasteiger partial charge in [0.05, 0.1) is 5.56 Å². The van der Waals surface area contributed by atoms with Crippen LogP contribution in [-0.4, -0.2) is 22.7 Å². The van der Waals surface area contributed by atoms with Gasteiger partial charge in [0.15, 0.2) is 0 Å². The Balaban J connectivity index is 2.24. The summed E-state index contributed by atoms with van der Waals surface area (Å²) in [5.74, 6) is -0.545. The zero-order valence-electron chi connectivity index (χ0n) is 11.5. The van der Waals surface area contributed by atoms with Gasteiger partial charge in [-0.25, -0.2) is 0 Å². The summed E-state index contributed by atoms with van der Waals surface area (Å²) in [5.41, 5.74) is 0.198. The van der Waals surface area contributed by atoms with Crippen molar-refractivity contribution in [3.8, 4) is 11.5 Å². The van der Waals surface area contributed by atoms with Gasteiger partial charge in [0.25, 0.3) is 5.91 Å². The second kappa shape index (κ2) is 8.40. The zero-order chi connectivity index (χ0) is 14.1. The molecule has 0 aliphatic heterocycles. The van der Waals surface area contributed by atoms with Crippen molar-refractivity contribution in [2.45, 2.75) is 45.4 Å². The zero-order valence-corrected chi connectivity index (χ0v) is 11.5. The Morgan fingerprint density at radius 2 is 1.79 bits per heavy atom. The van der Waals surface area contributed by atoms with Crippen molar-refractivity contribution in [1.82, 2.24) is 5.32 Å². The largest absolute Gasteiger partial charge is 0.508 e. The first kappa shape index (κ1) is 15.3. The van der Waals surface area contributed by atoms with Crippen LogP contribution in [0.4, 0.5) is 0 Å². The van der Waals surface area contributed by atoms with Crippen molar-refractivity contribution in [2.75, 3.05) is 6.54 Å². The highest BCUT2D eigenvalue weighted by Crippen LogP contribution is 2.22. The molecule has 0 aromatic heterocycles. The molecule has 19 heavy (non-hydrogen) atoms. The Morgan fingerprint density at radius 1 is 1.11 bits per heavy atom. The fourth-order valence-electron chi connectivity index (χ4n) is 1.91. The first-order valence-corrected chi connectivity index (χ1v) is 6.95. The number of amides is 1. The minimum Gasteiger partial charge on any atom is -0.508 e. The molecule has 4 nitrogen and oxygen atoms in total. The molecule has 0 radical (unpaired) electrons. The average molecular weight is 265 g/mol. The van der Waals surface area contributed by atoms with Gasteiger partial charge in [0, 0.05) is 12.6 Å². The van der Waals surface area contributed by atoms with Gasteiger partial charge in [-0.15, -0.1) is 0 Å². The molecule has 0 unspecified atom stereocenters. The summed E-state index contributed by atoms with van der Waals surface area (Å²) in [5, 5.41) is 21.5. The van der Waals surface area contributed by atoms with E-state index in [0.29, 0.717) is 6.54 Å². The van der Waals surface area contributed by atoms with Crippen LogP contribution >= 0.6 is 0 Å². The fourth-order valence-corrected chi connectivity index (χ4v) is 1.91. The molecule has 0 saturated carbocycles. The Hall–Kier alpha value is -1.71. The van der Waals surface area contributed by atoms with Crippen LogP contribution in [0.15, 0.2) is 18.2 Å². The highest BCUT2D eigenvalue weighted by atomic mass is 16.3. The van der Waals surface area contributed by atoms with Crippen molar-refractivity contribution in [1.29, 1.82) is 0 Å². The summed E-state index contributed by atoms with van der Waals surface area (Å²) >= 11 is 0. The molecule has 0 atom stereocenters. The molecule has 1 amide bonds. The maximum atomic E-state index is 11.8. The molecule has 0 saturated heterocycles. The molecule has 4 heteroatoms. The third kappa shape index (κ3) is 5.64. The number of unbranched alkanes of at least 4 members (excludes halogenated alkanes) is 5. The summed E-state index contributed by atoms with van der Waals surface area (Å²) in [6, 6.07) is 3.97. The van der Waals surface area contributed by atoms with Gasteiger partial charge in [-0.1, -0.05) is 39.0 Å².